The van der Waals surface area contributed by atoms with Crippen molar-refractivity contribution < 1.29 is 18.7 Å². The Morgan fingerprint density at radius 2 is 2.18 bits per heavy atom. The first-order chi connectivity index (χ1) is 13.5. The molecule has 0 saturated carbocycles. The van der Waals surface area contributed by atoms with E-state index in [4.69, 9.17) is 21.1 Å². The molecule has 2 aromatic rings. The van der Waals surface area contributed by atoms with E-state index in [9.17, 15) is 9.18 Å². The minimum absolute atomic E-state index is 0.0327. The lowest BCUT2D eigenvalue weighted by Crippen LogP contribution is -2.47. The number of halogens is 2. The highest BCUT2D eigenvalue weighted by Gasteiger charge is 2.31. The third-order valence-electron chi connectivity index (χ3n) is 5.09. The van der Waals surface area contributed by atoms with Crippen molar-refractivity contribution in [2.75, 3.05) is 18.5 Å². The summed E-state index contributed by atoms with van der Waals surface area (Å²) in [6, 6.07) is 3.77. The van der Waals surface area contributed by atoms with Gasteiger partial charge in [-0.2, -0.15) is 5.10 Å². The molecule has 0 unspecified atom stereocenters. The number of carbonyl (C=O) groups excluding carboxylic acids is 1. The van der Waals surface area contributed by atoms with Gasteiger partial charge >= 0.3 is 6.03 Å². The van der Waals surface area contributed by atoms with E-state index < -0.39 is 5.82 Å². The molecule has 0 radical (unpaired) electrons. The van der Waals surface area contributed by atoms with Crippen molar-refractivity contribution in [3.8, 4) is 5.75 Å². The van der Waals surface area contributed by atoms with E-state index in [0.717, 1.165) is 18.5 Å². The average Bonchev–Trinajstić information content (AvgIpc) is 3.06. The Bertz CT molecular complexity index is 869. The second-order valence-electron chi connectivity index (χ2n) is 7.10. The third-order valence-corrected chi connectivity index (χ3v) is 5.38. The lowest BCUT2D eigenvalue weighted by molar-refractivity contribution is 0.0246. The summed E-state index contributed by atoms with van der Waals surface area (Å²) in [6.45, 7) is 4.30. The molecule has 4 rings (SSSR count). The van der Waals surface area contributed by atoms with Crippen molar-refractivity contribution in [2.45, 2.75) is 45.0 Å². The Kier molecular flexibility index (Phi) is 5.41. The van der Waals surface area contributed by atoms with Crippen molar-refractivity contribution in [1.29, 1.82) is 0 Å². The Hall–Kier alpha value is -2.32. The normalized spacial score (nSPS) is 20.0. The molecule has 0 spiro atoms. The number of fused-ring (bicyclic) bond motifs is 1. The van der Waals surface area contributed by atoms with E-state index in [2.05, 4.69) is 10.4 Å². The van der Waals surface area contributed by atoms with Crippen LogP contribution in [0.1, 0.15) is 25.5 Å². The maximum Gasteiger partial charge on any atom is 0.322 e. The molecule has 7 nitrogen and oxygen atoms in total. The fraction of sp³-hybridized carbons (Fsp3) is 0.474. The zero-order valence-electron chi connectivity index (χ0n) is 15.5. The van der Waals surface area contributed by atoms with Gasteiger partial charge in [0.15, 0.2) is 5.75 Å². The average molecular weight is 409 g/mol. The highest BCUT2D eigenvalue weighted by atomic mass is 35.5. The molecule has 150 valence electrons. The van der Waals surface area contributed by atoms with Crippen molar-refractivity contribution in [3.05, 3.63) is 40.9 Å². The summed E-state index contributed by atoms with van der Waals surface area (Å²) in [5.74, 6) is 0.186. The van der Waals surface area contributed by atoms with E-state index in [1.54, 1.807) is 11.1 Å². The number of hydrogen-bond acceptors (Lipinski definition) is 4. The SMILES string of the molecule is C[C@H]1Cn2ncc(OC3CCOCC3)c2CN1C(=O)Nc1ccc(F)c(Cl)c1. The van der Waals surface area contributed by atoms with Crippen LogP contribution in [-0.2, 0) is 17.8 Å². The molecule has 1 aromatic carbocycles. The van der Waals surface area contributed by atoms with Gasteiger partial charge in [0.05, 0.1) is 49.3 Å². The second kappa shape index (κ2) is 7.97. The van der Waals surface area contributed by atoms with E-state index >= 15 is 0 Å². The van der Waals surface area contributed by atoms with Crippen LogP contribution in [0.3, 0.4) is 0 Å². The van der Waals surface area contributed by atoms with Crippen molar-refractivity contribution in [2.24, 2.45) is 0 Å². The lowest BCUT2D eigenvalue weighted by atomic mass is 10.1. The molecular formula is C19H22ClFN4O3. The highest BCUT2D eigenvalue weighted by molar-refractivity contribution is 6.31. The number of carbonyl (C=O) groups is 1. The fourth-order valence-electron chi connectivity index (χ4n) is 3.49. The first-order valence-corrected chi connectivity index (χ1v) is 9.71. The van der Waals surface area contributed by atoms with E-state index in [1.807, 2.05) is 11.6 Å². The Labute approximate surface area is 167 Å². The van der Waals surface area contributed by atoms with E-state index in [-0.39, 0.29) is 23.2 Å². The lowest BCUT2D eigenvalue weighted by Gasteiger charge is -2.34. The van der Waals surface area contributed by atoms with Gasteiger partial charge in [0.2, 0.25) is 0 Å². The molecule has 2 aliphatic rings. The van der Waals surface area contributed by atoms with Gasteiger partial charge in [0.25, 0.3) is 0 Å². The van der Waals surface area contributed by atoms with Crippen LogP contribution < -0.4 is 10.1 Å². The molecule has 28 heavy (non-hydrogen) atoms. The largest absolute Gasteiger partial charge is 0.487 e. The summed E-state index contributed by atoms with van der Waals surface area (Å²) < 4.78 is 26.7. The second-order valence-corrected chi connectivity index (χ2v) is 7.51. The zero-order chi connectivity index (χ0) is 19.7. The first-order valence-electron chi connectivity index (χ1n) is 9.33. The number of urea groups is 1. The van der Waals surface area contributed by atoms with E-state index in [0.29, 0.717) is 37.7 Å². The third kappa shape index (κ3) is 3.93. The Morgan fingerprint density at radius 1 is 1.39 bits per heavy atom. The molecule has 2 aliphatic heterocycles. The summed E-state index contributed by atoms with van der Waals surface area (Å²) >= 11 is 5.80. The summed E-state index contributed by atoms with van der Waals surface area (Å²) in [5.41, 5.74) is 1.32. The minimum atomic E-state index is -0.523. The van der Waals surface area contributed by atoms with Crippen LogP contribution in [0.4, 0.5) is 14.9 Å². The summed E-state index contributed by atoms with van der Waals surface area (Å²) in [5, 5.41) is 7.16. The molecular weight excluding hydrogens is 387 g/mol. The van der Waals surface area contributed by atoms with Gasteiger partial charge in [-0.25, -0.2) is 9.18 Å². The van der Waals surface area contributed by atoms with Gasteiger partial charge in [-0.15, -0.1) is 0 Å². The van der Waals surface area contributed by atoms with Crippen molar-refractivity contribution in [1.82, 2.24) is 14.7 Å². The minimum Gasteiger partial charge on any atom is -0.487 e. The number of ether oxygens (including phenoxy) is 2. The molecule has 3 heterocycles. The van der Waals surface area contributed by atoms with Crippen LogP contribution in [0.15, 0.2) is 24.4 Å². The molecule has 0 bridgehead atoms. The first kappa shape index (κ1) is 19.0. The monoisotopic (exact) mass is 408 g/mol. The van der Waals surface area contributed by atoms with Crippen molar-refractivity contribution >= 4 is 23.3 Å². The van der Waals surface area contributed by atoms with Crippen LogP contribution in [-0.4, -0.2) is 46.1 Å². The van der Waals surface area contributed by atoms with Gasteiger partial charge in [0.1, 0.15) is 11.9 Å². The summed E-state index contributed by atoms with van der Waals surface area (Å²) in [4.78, 5) is 14.5. The van der Waals surface area contributed by atoms with Crippen LogP contribution in [0, 0.1) is 5.82 Å². The number of hydrogen-bond donors (Lipinski definition) is 1. The maximum atomic E-state index is 13.3. The van der Waals surface area contributed by atoms with Gasteiger partial charge < -0.3 is 19.7 Å². The number of benzene rings is 1. The highest BCUT2D eigenvalue weighted by Crippen LogP contribution is 2.29. The number of nitrogens with one attached hydrogen (secondary N) is 1. The molecule has 1 saturated heterocycles. The molecule has 0 aliphatic carbocycles. The molecule has 1 atom stereocenters. The number of amides is 2. The molecule has 2 amide bonds. The van der Waals surface area contributed by atoms with Crippen LogP contribution >= 0.6 is 11.6 Å². The Morgan fingerprint density at radius 3 is 2.93 bits per heavy atom. The van der Waals surface area contributed by atoms with Gasteiger partial charge in [-0.05, 0) is 25.1 Å². The van der Waals surface area contributed by atoms with Crippen LogP contribution in [0.2, 0.25) is 5.02 Å². The standard InChI is InChI=1S/C19H22ClFN4O3/c1-12-10-25-17(18(9-22-25)28-14-4-6-27-7-5-14)11-24(12)19(26)23-13-2-3-16(21)15(20)8-13/h2-3,8-9,12,14H,4-7,10-11H2,1H3,(H,23,26)/t12-/m0/s1. The summed E-state index contributed by atoms with van der Waals surface area (Å²) in [6.07, 6.45) is 3.51. The maximum absolute atomic E-state index is 13.3. The number of aromatic nitrogens is 2. The molecule has 9 heteroatoms. The summed E-state index contributed by atoms with van der Waals surface area (Å²) in [7, 11) is 0. The molecule has 1 fully saturated rings. The number of rotatable bonds is 3. The van der Waals surface area contributed by atoms with E-state index in [1.165, 1.54) is 18.2 Å². The zero-order valence-corrected chi connectivity index (χ0v) is 16.3. The van der Waals surface area contributed by atoms with Gasteiger partial charge in [-0.3, -0.25) is 4.68 Å². The van der Waals surface area contributed by atoms with Gasteiger partial charge in [-0.1, -0.05) is 11.6 Å². The predicted octanol–water partition coefficient (Wildman–Crippen LogP) is 3.67. The van der Waals surface area contributed by atoms with Crippen LogP contribution in [0.25, 0.3) is 0 Å². The van der Waals surface area contributed by atoms with Crippen LogP contribution in [0.5, 0.6) is 5.75 Å². The van der Waals surface area contributed by atoms with Crippen molar-refractivity contribution in [3.63, 3.8) is 0 Å². The number of anilines is 1. The molecule has 1 aromatic heterocycles. The topological polar surface area (TPSA) is 68.6 Å². The predicted molar refractivity (Wildman–Crippen MR) is 102 cm³/mol. The fourth-order valence-corrected chi connectivity index (χ4v) is 3.67. The smallest absolute Gasteiger partial charge is 0.322 e. The molecule has 1 N–H and O–H groups in total. The van der Waals surface area contributed by atoms with Gasteiger partial charge in [0, 0.05) is 18.5 Å². The number of nitrogens with zero attached hydrogens (tertiary/aromatic N) is 3. The Balaban J connectivity index is 1.47. The quantitative estimate of drug-likeness (QED) is 0.841.